The van der Waals surface area contributed by atoms with Gasteiger partial charge in [-0.2, -0.15) is 0 Å². The normalized spacial score (nSPS) is 11.8. The van der Waals surface area contributed by atoms with Crippen LogP contribution in [-0.2, 0) is 20.8 Å². The van der Waals surface area contributed by atoms with Crippen LogP contribution >= 0.6 is 0 Å². The van der Waals surface area contributed by atoms with Gasteiger partial charge < -0.3 is 34.3 Å². The summed E-state index contributed by atoms with van der Waals surface area (Å²) in [6.45, 7) is 7.77. The Hall–Kier alpha value is -4.54. The minimum absolute atomic E-state index is 0.102. The largest absolute Gasteiger partial charge is 0.497 e. The number of nitrogens with one attached hydrogen (secondary N) is 2. The molecule has 3 rings (SSSR count). The van der Waals surface area contributed by atoms with Gasteiger partial charge in [-0.3, -0.25) is 14.4 Å². The van der Waals surface area contributed by atoms with E-state index < -0.39 is 11.6 Å². The highest BCUT2D eigenvalue weighted by atomic mass is 16.5. The SMILES string of the molecule is CCC(C)(C)NC(=O)C(c1ccc(OC)cc1)N(CCc1ccc(OC)c(OC)c1)C(=O)CCC(=O)Nc1cc(C)on1. The standard InChI is InChI=1S/C32H42N4O7/c1-8-32(3,4)34-31(39)30(23-10-12-24(40-5)13-11-23)36(18-17-22-9-14-25(41-6)26(20-22)42-7)29(38)16-15-28(37)33-27-19-21(2)43-35-27/h9-14,19-20,30H,8,15-18H2,1-7H3,(H,34,39)(H,33,35,37). The minimum atomic E-state index is -0.953. The van der Waals surface area contributed by atoms with Crippen LogP contribution in [-0.4, -0.2) is 61.2 Å². The van der Waals surface area contributed by atoms with E-state index in [0.717, 1.165) is 5.56 Å². The van der Waals surface area contributed by atoms with Gasteiger partial charge >= 0.3 is 0 Å². The third kappa shape index (κ3) is 9.22. The maximum absolute atomic E-state index is 13.9. The predicted octanol–water partition coefficient (Wildman–Crippen LogP) is 4.84. The average Bonchev–Trinajstić information content (AvgIpc) is 3.41. The Bertz CT molecular complexity index is 1380. The van der Waals surface area contributed by atoms with Crippen LogP contribution in [0.25, 0.3) is 0 Å². The second kappa shape index (κ2) is 15.1. The number of hydrogen-bond donors (Lipinski definition) is 2. The lowest BCUT2D eigenvalue weighted by Gasteiger charge is -2.35. The van der Waals surface area contributed by atoms with E-state index in [-0.39, 0.29) is 42.9 Å². The van der Waals surface area contributed by atoms with E-state index in [1.165, 1.54) is 4.90 Å². The molecule has 0 aliphatic rings. The molecular formula is C32H42N4O7. The van der Waals surface area contributed by atoms with Crippen molar-refractivity contribution in [1.29, 1.82) is 0 Å². The van der Waals surface area contributed by atoms with E-state index >= 15 is 0 Å². The molecule has 0 bridgehead atoms. The summed E-state index contributed by atoms with van der Waals surface area (Å²) in [4.78, 5) is 42.0. The lowest BCUT2D eigenvalue weighted by Crippen LogP contribution is -2.50. The van der Waals surface area contributed by atoms with Gasteiger partial charge in [0.05, 0.1) is 21.3 Å². The zero-order chi connectivity index (χ0) is 31.6. The average molecular weight is 595 g/mol. The zero-order valence-corrected chi connectivity index (χ0v) is 26.0. The number of aromatic nitrogens is 1. The number of anilines is 1. The number of methoxy groups -OCH3 is 3. The number of carbonyl (C=O) groups is 3. The number of amides is 3. The highest BCUT2D eigenvalue weighted by Crippen LogP contribution is 2.30. The molecule has 3 amide bonds. The number of hydrogen-bond acceptors (Lipinski definition) is 8. The molecule has 3 aromatic rings. The molecule has 11 nitrogen and oxygen atoms in total. The Morgan fingerprint density at radius 1 is 0.953 bits per heavy atom. The summed E-state index contributed by atoms with van der Waals surface area (Å²) < 4.78 is 21.1. The second-order valence-corrected chi connectivity index (χ2v) is 10.8. The number of ether oxygens (including phenoxy) is 3. The molecular weight excluding hydrogens is 552 g/mol. The van der Waals surface area contributed by atoms with E-state index in [9.17, 15) is 14.4 Å². The highest BCUT2D eigenvalue weighted by Gasteiger charge is 2.34. The smallest absolute Gasteiger partial charge is 0.247 e. The minimum Gasteiger partial charge on any atom is -0.497 e. The van der Waals surface area contributed by atoms with Crippen LogP contribution in [0, 0.1) is 6.92 Å². The van der Waals surface area contributed by atoms with Gasteiger partial charge in [-0.1, -0.05) is 30.3 Å². The first kappa shape index (κ1) is 33.0. The molecule has 0 fully saturated rings. The van der Waals surface area contributed by atoms with Gasteiger partial charge in [0.2, 0.25) is 17.7 Å². The molecule has 1 heterocycles. The van der Waals surface area contributed by atoms with Gasteiger partial charge in [-0.05, 0) is 69.0 Å². The summed E-state index contributed by atoms with van der Waals surface area (Å²) in [5.41, 5.74) is 1.00. The van der Waals surface area contributed by atoms with Crippen LogP contribution in [0.4, 0.5) is 5.82 Å². The second-order valence-electron chi connectivity index (χ2n) is 10.8. The first-order valence-corrected chi connectivity index (χ1v) is 14.2. The quantitative estimate of drug-likeness (QED) is 0.255. The van der Waals surface area contributed by atoms with Crippen LogP contribution in [0.5, 0.6) is 17.2 Å². The molecule has 232 valence electrons. The van der Waals surface area contributed by atoms with Crippen LogP contribution in [0.3, 0.4) is 0 Å². The Kier molecular flexibility index (Phi) is 11.6. The molecule has 0 aliphatic carbocycles. The van der Waals surface area contributed by atoms with Crippen LogP contribution < -0.4 is 24.8 Å². The van der Waals surface area contributed by atoms with Crippen molar-refractivity contribution in [2.24, 2.45) is 0 Å². The molecule has 0 saturated heterocycles. The molecule has 0 spiro atoms. The molecule has 0 radical (unpaired) electrons. The predicted molar refractivity (Wildman–Crippen MR) is 162 cm³/mol. The van der Waals surface area contributed by atoms with E-state index in [2.05, 4.69) is 15.8 Å². The van der Waals surface area contributed by atoms with Crippen molar-refractivity contribution in [3.8, 4) is 17.2 Å². The topological polar surface area (TPSA) is 132 Å². The monoisotopic (exact) mass is 594 g/mol. The summed E-state index contributed by atoms with van der Waals surface area (Å²) in [7, 11) is 4.68. The van der Waals surface area contributed by atoms with Crippen LogP contribution in [0.15, 0.2) is 53.1 Å². The summed E-state index contributed by atoms with van der Waals surface area (Å²) in [5, 5.41) is 9.51. The molecule has 1 unspecified atom stereocenters. The van der Waals surface area contributed by atoms with E-state index in [0.29, 0.717) is 41.4 Å². The van der Waals surface area contributed by atoms with E-state index in [4.69, 9.17) is 18.7 Å². The molecule has 2 N–H and O–H groups in total. The van der Waals surface area contributed by atoms with Crippen molar-refractivity contribution in [3.05, 3.63) is 65.4 Å². The van der Waals surface area contributed by atoms with Gasteiger partial charge in [-0.25, -0.2) is 0 Å². The van der Waals surface area contributed by atoms with Crippen molar-refractivity contribution >= 4 is 23.5 Å². The number of benzene rings is 2. The molecule has 1 aromatic heterocycles. The summed E-state index contributed by atoms with van der Waals surface area (Å²) in [6, 6.07) is 13.2. The van der Waals surface area contributed by atoms with Crippen LogP contribution in [0.1, 0.15) is 63.0 Å². The van der Waals surface area contributed by atoms with Gasteiger partial charge in [0.15, 0.2) is 17.3 Å². The number of nitrogens with zero attached hydrogens (tertiary/aromatic N) is 2. The summed E-state index contributed by atoms with van der Waals surface area (Å²) in [5.74, 6) is 1.54. The first-order valence-electron chi connectivity index (χ1n) is 14.2. The fraction of sp³-hybridized carbons (Fsp3) is 0.438. The van der Waals surface area contributed by atoms with Gasteiger partial charge in [0.25, 0.3) is 0 Å². The number of carbonyl (C=O) groups excluding carboxylic acids is 3. The van der Waals surface area contributed by atoms with Gasteiger partial charge in [-0.15, -0.1) is 0 Å². The molecule has 43 heavy (non-hydrogen) atoms. The Labute approximate surface area is 252 Å². The van der Waals surface area contributed by atoms with Crippen LogP contribution in [0.2, 0.25) is 0 Å². The lowest BCUT2D eigenvalue weighted by atomic mass is 9.98. The van der Waals surface area contributed by atoms with E-state index in [1.54, 1.807) is 64.7 Å². The Morgan fingerprint density at radius 2 is 1.65 bits per heavy atom. The maximum Gasteiger partial charge on any atom is 0.247 e. The lowest BCUT2D eigenvalue weighted by molar-refractivity contribution is -0.142. The molecule has 0 aliphatic heterocycles. The fourth-order valence-electron chi connectivity index (χ4n) is 4.43. The van der Waals surface area contributed by atoms with Gasteiger partial charge in [0, 0.05) is 31.0 Å². The molecule has 1 atom stereocenters. The number of rotatable bonds is 15. The molecule has 2 aromatic carbocycles. The van der Waals surface area contributed by atoms with Crippen molar-refractivity contribution in [3.63, 3.8) is 0 Å². The number of aryl methyl sites for hydroxylation is 1. The Balaban J connectivity index is 1.93. The van der Waals surface area contributed by atoms with Gasteiger partial charge in [0.1, 0.15) is 17.6 Å². The summed E-state index contributed by atoms with van der Waals surface area (Å²) >= 11 is 0. The van der Waals surface area contributed by atoms with E-state index in [1.807, 2.05) is 32.9 Å². The van der Waals surface area contributed by atoms with Crippen molar-refractivity contribution in [2.45, 2.75) is 65.0 Å². The molecule has 0 saturated carbocycles. The zero-order valence-electron chi connectivity index (χ0n) is 26.0. The van der Waals surface area contributed by atoms with Crippen molar-refractivity contribution in [2.75, 3.05) is 33.2 Å². The fourth-order valence-corrected chi connectivity index (χ4v) is 4.43. The maximum atomic E-state index is 13.9. The van der Waals surface area contributed by atoms with Crippen molar-refractivity contribution in [1.82, 2.24) is 15.4 Å². The summed E-state index contributed by atoms with van der Waals surface area (Å²) in [6.07, 6.45) is 0.893. The highest BCUT2D eigenvalue weighted by molar-refractivity contribution is 5.94. The first-order chi connectivity index (χ1) is 20.5. The third-order valence-electron chi connectivity index (χ3n) is 7.21. The third-order valence-corrected chi connectivity index (χ3v) is 7.21. The molecule has 11 heteroatoms. The van der Waals surface area contributed by atoms with Crippen molar-refractivity contribution < 1.29 is 33.1 Å². The Morgan fingerprint density at radius 3 is 2.23 bits per heavy atom.